The number of hydrogen-bond acceptors (Lipinski definition) is 4. The van der Waals surface area contributed by atoms with Gasteiger partial charge in [-0.1, -0.05) is 6.07 Å². The monoisotopic (exact) mass is 335 g/mol. The average molecular weight is 335 g/mol. The van der Waals surface area contributed by atoms with Gasteiger partial charge < -0.3 is 5.32 Å². The summed E-state index contributed by atoms with van der Waals surface area (Å²) in [7, 11) is -4.18. The van der Waals surface area contributed by atoms with Gasteiger partial charge in [0.1, 0.15) is 16.5 Å². The Bertz CT molecular complexity index is 948. The number of fused-ring (bicyclic) bond motifs is 1. The minimum Gasteiger partial charge on any atom is -0.354 e. The molecule has 3 rings (SSSR count). The SMILES string of the molecule is CC1=C(C(=O)c2ccc(F)cc2)S(=O)(=O)c2cccc(F)c2N1. The van der Waals surface area contributed by atoms with E-state index in [1.54, 1.807) is 0 Å². The Balaban J connectivity index is 2.17. The summed E-state index contributed by atoms with van der Waals surface area (Å²) in [5.41, 5.74) is -0.122. The zero-order chi connectivity index (χ0) is 16.8. The van der Waals surface area contributed by atoms with Crippen molar-refractivity contribution in [3.63, 3.8) is 0 Å². The van der Waals surface area contributed by atoms with Crippen molar-refractivity contribution in [2.45, 2.75) is 11.8 Å². The molecule has 0 aliphatic carbocycles. The van der Waals surface area contributed by atoms with Crippen LogP contribution in [0.4, 0.5) is 14.5 Å². The normalized spacial score (nSPS) is 15.8. The highest BCUT2D eigenvalue weighted by Gasteiger charge is 2.36. The molecule has 0 unspecified atom stereocenters. The van der Waals surface area contributed by atoms with Gasteiger partial charge in [-0.3, -0.25) is 4.79 Å². The average Bonchev–Trinajstić information content (AvgIpc) is 2.48. The summed E-state index contributed by atoms with van der Waals surface area (Å²) in [4.78, 5) is 11.8. The minimum absolute atomic E-state index is 0.0249. The van der Waals surface area contributed by atoms with Gasteiger partial charge in [0.2, 0.25) is 15.6 Å². The Morgan fingerprint density at radius 1 is 1.04 bits per heavy atom. The predicted octanol–water partition coefficient (Wildman–Crippen LogP) is 3.28. The maximum Gasteiger partial charge on any atom is 0.214 e. The highest BCUT2D eigenvalue weighted by Crippen LogP contribution is 2.37. The van der Waals surface area contributed by atoms with E-state index < -0.39 is 32.2 Å². The molecular weight excluding hydrogens is 324 g/mol. The molecule has 0 saturated carbocycles. The topological polar surface area (TPSA) is 63.2 Å². The number of carbonyl (C=O) groups is 1. The van der Waals surface area contributed by atoms with Crippen molar-refractivity contribution in [1.82, 2.24) is 0 Å². The van der Waals surface area contributed by atoms with Gasteiger partial charge in [-0.15, -0.1) is 0 Å². The first-order valence-electron chi connectivity index (χ1n) is 6.64. The van der Waals surface area contributed by atoms with Gasteiger partial charge in [0.05, 0.1) is 10.6 Å². The molecule has 2 aromatic carbocycles. The van der Waals surface area contributed by atoms with Crippen LogP contribution in [0.5, 0.6) is 0 Å². The number of ketones is 1. The number of nitrogens with one attached hydrogen (secondary N) is 1. The maximum absolute atomic E-state index is 13.8. The number of para-hydroxylation sites is 1. The van der Waals surface area contributed by atoms with Crippen molar-refractivity contribution in [2.24, 2.45) is 0 Å². The molecule has 2 aromatic rings. The molecule has 23 heavy (non-hydrogen) atoms. The highest BCUT2D eigenvalue weighted by molar-refractivity contribution is 7.96. The van der Waals surface area contributed by atoms with Crippen LogP contribution in [-0.4, -0.2) is 14.2 Å². The molecule has 0 saturated heterocycles. The second-order valence-electron chi connectivity index (χ2n) is 5.03. The fourth-order valence-electron chi connectivity index (χ4n) is 2.43. The van der Waals surface area contributed by atoms with Gasteiger partial charge in [0.15, 0.2) is 0 Å². The molecule has 118 valence electrons. The van der Waals surface area contributed by atoms with Crippen molar-refractivity contribution < 1.29 is 22.0 Å². The third kappa shape index (κ3) is 2.43. The molecule has 1 heterocycles. The van der Waals surface area contributed by atoms with Gasteiger partial charge >= 0.3 is 0 Å². The first-order chi connectivity index (χ1) is 10.8. The largest absolute Gasteiger partial charge is 0.354 e. The fraction of sp³-hybridized carbons (Fsp3) is 0.0625. The fourth-order valence-corrected chi connectivity index (χ4v) is 4.14. The van der Waals surface area contributed by atoms with Crippen molar-refractivity contribution in [3.8, 4) is 0 Å². The van der Waals surface area contributed by atoms with E-state index in [9.17, 15) is 22.0 Å². The number of allylic oxidation sites excluding steroid dienone is 2. The van der Waals surface area contributed by atoms with Crippen LogP contribution in [-0.2, 0) is 9.84 Å². The summed E-state index contributed by atoms with van der Waals surface area (Å²) in [6.45, 7) is 1.38. The molecule has 0 radical (unpaired) electrons. The number of sulfone groups is 1. The molecule has 1 aliphatic heterocycles. The number of hydrogen-bond donors (Lipinski definition) is 1. The second kappa shape index (κ2) is 5.27. The lowest BCUT2D eigenvalue weighted by atomic mass is 10.1. The van der Waals surface area contributed by atoms with Crippen LogP contribution in [0.1, 0.15) is 17.3 Å². The van der Waals surface area contributed by atoms with Crippen LogP contribution in [0.25, 0.3) is 0 Å². The van der Waals surface area contributed by atoms with E-state index >= 15 is 0 Å². The van der Waals surface area contributed by atoms with Crippen molar-refractivity contribution >= 4 is 21.3 Å². The lowest BCUT2D eigenvalue weighted by Gasteiger charge is -2.22. The maximum atomic E-state index is 13.8. The smallest absolute Gasteiger partial charge is 0.214 e. The van der Waals surface area contributed by atoms with E-state index in [4.69, 9.17) is 0 Å². The van der Waals surface area contributed by atoms with E-state index in [0.717, 1.165) is 18.2 Å². The van der Waals surface area contributed by atoms with Gasteiger partial charge in [0, 0.05) is 11.3 Å². The van der Waals surface area contributed by atoms with Crippen LogP contribution in [0, 0.1) is 11.6 Å². The molecule has 0 aromatic heterocycles. The van der Waals surface area contributed by atoms with Crippen LogP contribution in [0.3, 0.4) is 0 Å². The number of Topliss-reactive ketones (excluding diaryl/α,β-unsaturated/α-hetero) is 1. The molecular formula is C16H11F2NO3S. The Morgan fingerprint density at radius 3 is 2.35 bits per heavy atom. The Morgan fingerprint density at radius 2 is 1.70 bits per heavy atom. The summed E-state index contributed by atoms with van der Waals surface area (Å²) < 4.78 is 52.2. The summed E-state index contributed by atoms with van der Waals surface area (Å²) in [6.07, 6.45) is 0. The van der Waals surface area contributed by atoms with Crippen molar-refractivity contribution in [2.75, 3.05) is 5.32 Å². The van der Waals surface area contributed by atoms with Crippen LogP contribution in [0.2, 0.25) is 0 Å². The molecule has 1 aliphatic rings. The van der Waals surface area contributed by atoms with Crippen molar-refractivity contribution in [3.05, 3.63) is 70.3 Å². The van der Waals surface area contributed by atoms with Crippen LogP contribution < -0.4 is 5.32 Å². The molecule has 7 heteroatoms. The first-order valence-corrected chi connectivity index (χ1v) is 8.12. The molecule has 4 nitrogen and oxygen atoms in total. The third-order valence-corrected chi connectivity index (χ3v) is 5.45. The Labute approximate surface area is 131 Å². The van der Waals surface area contributed by atoms with Crippen molar-refractivity contribution in [1.29, 1.82) is 0 Å². The number of benzene rings is 2. The number of halogens is 2. The number of rotatable bonds is 2. The summed E-state index contributed by atoms with van der Waals surface area (Å²) in [5.74, 6) is -2.03. The molecule has 1 N–H and O–H groups in total. The standard InChI is InChI=1S/C16H11F2NO3S/c1-9-16(15(20)10-5-7-11(17)8-6-10)23(21,22)13-4-2-3-12(18)14(13)19-9/h2-8,19H,1H3. The molecule has 0 bridgehead atoms. The predicted molar refractivity (Wildman–Crippen MR) is 80.6 cm³/mol. The van der Waals surface area contributed by atoms with E-state index in [1.165, 1.54) is 31.2 Å². The van der Waals surface area contributed by atoms with Gasteiger partial charge in [0.25, 0.3) is 0 Å². The Kier molecular flexibility index (Phi) is 3.52. The van der Waals surface area contributed by atoms with Crippen LogP contribution >= 0.6 is 0 Å². The summed E-state index contributed by atoms with van der Waals surface area (Å²) in [5, 5.41) is 2.63. The third-order valence-electron chi connectivity index (χ3n) is 3.50. The molecule has 0 amide bonds. The lowest BCUT2D eigenvalue weighted by molar-refractivity contribution is 0.104. The second-order valence-corrected chi connectivity index (χ2v) is 6.89. The molecule has 0 spiro atoms. The Hall–Kier alpha value is -2.54. The quantitative estimate of drug-likeness (QED) is 0.856. The summed E-state index contributed by atoms with van der Waals surface area (Å²) >= 11 is 0. The number of carbonyl (C=O) groups excluding carboxylic acids is 1. The molecule has 0 fully saturated rings. The van der Waals surface area contributed by atoms with Gasteiger partial charge in [-0.2, -0.15) is 0 Å². The minimum atomic E-state index is -4.18. The van der Waals surface area contributed by atoms with E-state index in [2.05, 4.69) is 5.32 Å². The molecule has 0 atom stereocenters. The zero-order valence-corrected chi connectivity index (χ0v) is 12.7. The lowest BCUT2D eigenvalue weighted by Crippen LogP contribution is -2.24. The first kappa shape index (κ1) is 15.4. The van der Waals surface area contributed by atoms with Crippen LogP contribution in [0.15, 0.2) is 58.0 Å². The zero-order valence-electron chi connectivity index (χ0n) is 11.9. The van der Waals surface area contributed by atoms with E-state index in [0.29, 0.717) is 0 Å². The summed E-state index contributed by atoms with van der Waals surface area (Å²) in [6, 6.07) is 8.16. The van der Waals surface area contributed by atoms with Gasteiger partial charge in [-0.25, -0.2) is 17.2 Å². The van der Waals surface area contributed by atoms with Gasteiger partial charge in [-0.05, 0) is 43.3 Å². The van der Waals surface area contributed by atoms with E-state index in [1.807, 2.05) is 0 Å². The highest BCUT2D eigenvalue weighted by atomic mass is 32.2. The van der Waals surface area contributed by atoms with E-state index in [-0.39, 0.29) is 21.8 Å². The number of anilines is 1.